The molecular weight excluding hydrogens is 239 g/mol. The van der Waals surface area contributed by atoms with Crippen molar-refractivity contribution in [3.8, 4) is 0 Å². The van der Waals surface area contributed by atoms with Crippen molar-refractivity contribution >= 4 is 5.69 Å². The predicted octanol–water partition coefficient (Wildman–Crippen LogP) is 3.81. The van der Waals surface area contributed by atoms with Crippen molar-refractivity contribution in [1.82, 2.24) is 5.32 Å². The van der Waals surface area contributed by atoms with Crippen molar-refractivity contribution in [1.29, 1.82) is 0 Å². The molecule has 0 spiro atoms. The van der Waals surface area contributed by atoms with Gasteiger partial charge in [0.2, 0.25) is 0 Å². The summed E-state index contributed by atoms with van der Waals surface area (Å²) in [6.07, 6.45) is 2.24. The van der Waals surface area contributed by atoms with Crippen LogP contribution in [0.5, 0.6) is 0 Å². The molecule has 0 heterocycles. The van der Waals surface area contributed by atoms with Gasteiger partial charge in [-0.15, -0.1) is 0 Å². The molecule has 0 saturated carbocycles. The third-order valence-electron chi connectivity index (χ3n) is 3.42. The first-order chi connectivity index (χ1) is 9.06. The van der Waals surface area contributed by atoms with E-state index in [1.54, 1.807) is 12.1 Å². The maximum absolute atomic E-state index is 13.7. The lowest BCUT2D eigenvalue weighted by Gasteiger charge is -2.23. The Balaban J connectivity index is 2.72. The number of nitrogens with one attached hydrogen (secondary N) is 1. The van der Waals surface area contributed by atoms with E-state index in [-0.39, 0.29) is 5.82 Å². The lowest BCUT2D eigenvalue weighted by atomic mass is 10.1. The molecule has 1 rings (SSSR count). The van der Waals surface area contributed by atoms with Crippen molar-refractivity contribution < 1.29 is 4.39 Å². The van der Waals surface area contributed by atoms with Gasteiger partial charge in [-0.1, -0.05) is 27.2 Å². The average Bonchev–Trinajstić information content (AvgIpc) is 2.38. The largest absolute Gasteiger partial charge is 0.374 e. The van der Waals surface area contributed by atoms with Gasteiger partial charge in [-0.25, -0.2) is 4.39 Å². The summed E-state index contributed by atoms with van der Waals surface area (Å²) in [5, 5.41) is 3.31. The lowest BCUT2D eigenvalue weighted by molar-refractivity contribution is 0.558. The van der Waals surface area contributed by atoms with Crippen LogP contribution in [0.2, 0.25) is 0 Å². The van der Waals surface area contributed by atoms with Gasteiger partial charge in [0.25, 0.3) is 0 Å². The van der Waals surface area contributed by atoms with E-state index >= 15 is 0 Å². The van der Waals surface area contributed by atoms with E-state index in [1.165, 1.54) is 0 Å². The fourth-order valence-corrected chi connectivity index (χ4v) is 2.07. The van der Waals surface area contributed by atoms with Crippen molar-refractivity contribution in [3.63, 3.8) is 0 Å². The zero-order valence-corrected chi connectivity index (χ0v) is 12.7. The number of halogens is 1. The predicted molar refractivity (Wildman–Crippen MR) is 81.1 cm³/mol. The number of anilines is 1. The molecule has 0 radical (unpaired) electrons. The Kier molecular flexibility index (Phi) is 6.85. The number of hydrogen-bond donors (Lipinski definition) is 1. The van der Waals surface area contributed by atoms with Gasteiger partial charge in [0, 0.05) is 25.8 Å². The molecule has 0 bridgehead atoms. The highest BCUT2D eigenvalue weighted by Crippen LogP contribution is 2.19. The molecule has 1 unspecified atom stereocenters. The second-order valence-corrected chi connectivity index (χ2v) is 5.39. The molecule has 1 aromatic carbocycles. The molecule has 0 fully saturated rings. The summed E-state index contributed by atoms with van der Waals surface area (Å²) < 4.78 is 13.7. The van der Waals surface area contributed by atoms with E-state index < -0.39 is 0 Å². The summed E-state index contributed by atoms with van der Waals surface area (Å²) in [5.74, 6) is 0.469. The summed E-state index contributed by atoms with van der Waals surface area (Å²) in [6, 6.07) is 5.31. The average molecular weight is 266 g/mol. The molecule has 0 amide bonds. The first-order valence-corrected chi connectivity index (χ1v) is 7.28. The van der Waals surface area contributed by atoms with Crippen LogP contribution in [0.3, 0.4) is 0 Å². The maximum Gasteiger partial charge on any atom is 0.125 e. The zero-order valence-electron chi connectivity index (χ0n) is 12.7. The summed E-state index contributed by atoms with van der Waals surface area (Å²) in [7, 11) is 2.03. The van der Waals surface area contributed by atoms with Gasteiger partial charge >= 0.3 is 0 Å². The van der Waals surface area contributed by atoms with E-state index in [9.17, 15) is 4.39 Å². The zero-order chi connectivity index (χ0) is 14.3. The van der Waals surface area contributed by atoms with Crippen LogP contribution in [0, 0.1) is 11.7 Å². The Morgan fingerprint density at radius 1 is 1.26 bits per heavy atom. The number of rotatable bonds is 8. The Morgan fingerprint density at radius 2 is 2.00 bits per heavy atom. The second kappa shape index (κ2) is 8.16. The van der Waals surface area contributed by atoms with Gasteiger partial charge in [-0.05, 0) is 42.6 Å². The number of hydrogen-bond acceptors (Lipinski definition) is 2. The summed E-state index contributed by atoms with van der Waals surface area (Å²) >= 11 is 0. The third kappa shape index (κ3) is 5.60. The molecule has 1 aromatic rings. The van der Waals surface area contributed by atoms with E-state index in [1.807, 2.05) is 7.05 Å². The molecule has 108 valence electrons. The number of nitrogens with zero attached hydrogens (tertiary/aromatic N) is 1. The van der Waals surface area contributed by atoms with Crippen LogP contribution in [-0.2, 0) is 6.54 Å². The Hall–Kier alpha value is -1.09. The highest BCUT2D eigenvalue weighted by molar-refractivity contribution is 5.48. The van der Waals surface area contributed by atoms with Gasteiger partial charge in [0.15, 0.2) is 0 Å². The second-order valence-electron chi connectivity index (χ2n) is 5.39. The lowest BCUT2D eigenvalue weighted by Crippen LogP contribution is -2.24. The van der Waals surface area contributed by atoms with Crippen molar-refractivity contribution in [2.75, 3.05) is 25.0 Å². The highest BCUT2D eigenvalue weighted by atomic mass is 19.1. The van der Waals surface area contributed by atoms with Crippen LogP contribution in [0.1, 0.15) is 39.2 Å². The molecule has 0 aliphatic carbocycles. The molecule has 2 nitrogen and oxygen atoms in total. The van der Waals surface area contributed by atoms with Gasteiger partial charge < -0.3 is 10.2 Å². The first-order valence-electron chi connectivity index (χ1n) is 7.28. The third-order valence-corrected chi connectivity index (χ3v) is 3.42. The standard InChI is InChI=1S/C16H27FN2/c1-5-7-18-11-14-8-15(17)10-16(9-14)19(4)12-13(3)6-2/h8-10,13,18H,5-7,11-12H2,1-4H3. The van der Waals surface area contributed by atoms with Crippen molar-refractivity contribution in [2.45, 2.75) is 40.2 Å². The minimum absolute atomic E-state index is 0.151. The van der Waals surface area contributed by atoms with Gasteiger partial charge in [-0.3, -0.25) is 0 Å². The molecular formula is C16H27FN2. The molecule has 19 heavy (non-hydrogen) atoms. The Labute approximate surface area is 117 Å². The smallest absolute Gasteiger partial charge is 0.125 e. The molecule has 1 atom stereocenters. The van der Waals surface area contributed by atoms with Crippen LogP contribution in [0.4, 0.5) is 10.1 Å². The molecule has 0 aromatic heterocycles. The van der Waals surface area contributed by atoms with Gasteiger partial charge in [-0.2, -0.15) is 0 Å². The van der Waals surface area contributed by atoms with Crippen LogP contribution in [0.15, 0.2) is 18.2 Å². The summed E-state index contributed by atoms with van der Waals surface area (Å²) in [5.41, 5.74) is 1.98. The van der Waals surface area contributed by atoms with Crippen molar-refractivity contribution in [2.24, 2.45) is 5.92 Å². The monoisotopic (exact) mass is 266 g/mol. The van der Waals surface area contributed by atoms with Crippen LogP contribution in [0.25, 0.3) is 0 Å². The van der Waals surface area contributed by atoms with Crippen LogP contribution in [-0.4, -0.2) is 20.1 Å². The summed E-state index contributed by atoms with van der Waals surface area (Å²) in [4.78, 5) is 2.14. The quantitative estimate of drug-likeness (QED) is 0.720. The van der Waals surface area contributed by atoms with E-state index in [4.69, 9.17) is 0 Å². The fraction of sp³-hybridized carbons (Fsp3) is 0.625. The molecule has 0 aliphatic heterocycles. The minimum Gasteiger partial charge on any atom is -0.374 e. The Bertz CT molecular complexity index is 379. The molecule has 0 saturated heterocycles. The summed E-state index contributed by atoms with van der Waals surface area (Å²) in [6.45, 7) is 9.19. The van der Waals surface area contributed by atoms with Gasteiger partial charge in [0.1, 0.15) is 5.82 Å². The normalized spacial score (nSPS) is 12.5. The van der Waals surface area contributed by atoms with Crippen molar-refractivity contribution in [3.05, 3.63) is 29.6 Å². The fourth-order valence-electron chi connectivity index (χ4n) is 2.07. The van der Waals surface area contributed by atoms with Crippen LogP contribution >= 0.6 is 0 Å². The highest BCUT2D eigenvalue weighted by Gasteiger charge is 2.08. The molecule has 0 aliphatic rings. The maximum atomic E-state index is 13.7. The minimum atomic E-state index is -0.151. The SMILES string of the molecule is CCCNCc1cc(F)cc(N(C)CC(C)CC)c1. The van der Waals surface area contributed by atoms with E-state index in [0.717, 1.165) is 43.7 Å². The Morgan fingerprint density at radius 3 is 2.63 bits per heavy atom. The van der Waals surface area contributed by atoms with Gasteiger partial charge in [0.05, 0.1) is 0 Å². The van der Waals surface area contributed by atoms with E-state index in [0.29, 0.717) is 5.92 Å². The number of benzene rings is 1. The topological polar surface area (TPSA) is 15.3 Å². The first kappa shape index (κ1) is 16.0. The molecule has 1 N–H and O–H groups in total. The van der Waals surface area contributed by atoms with Crippen LogP contribution < -0.4 is 10.2 Å². The molecule has 3 heteroatoms. The van der Waals surface area contributed by atoms with E-state index in [2.05, 4.69) is 37.1 Å².